The average molecular weight is 479 g/mol. The minimum absolute atomic E-state index is 0.281. The first-order valence-electron chi connectivity index (χ1n) is 11.9. The van der Waals surface area contributed by atoms with Crippen LogP contribution in [0.25, 0.3) is 0 Å². The number of hydrogen-bond donors (Lipinski definition) is 1. The minimum atomic E-state index is -0.982. The van der Waals surface area contributed by atoms with Crippen molar-refractivity contribution in [3.05, 3.63) is 89.5 Å². The summed E-state index contributed by atoms with van der Waals surface area (Å²) < 4.78 is 22.9. The Morgan fingerprint density at radius 3 is 2.23 bits per heavy atom. The van der Waals surface area contributed by atoms with Crippen LogP contribution in [0.2, 0.25) is 0 Å². The maximum Gasteiger partial charge on any atom is 0.333 e. The molecular weight excluding hydrogens is 444 g/mol. The SMILES string of the molecule is COC(Cc1cccc(OCCc2ccccc2OCCOc2ccccc2C(C)C)c1)C(=O)O. The maximum absolute atomic E-state index is 11.2. The van der Waals surface area contributed by atoms with E-state index in [2.05, 4.69) is 19.9 Å². The molecule has 0 radical (unpaired) electrons. The lowest BCUT2D eigenvalue weighted by Gasteiger charge is -2.15. The van der Waals surface area contributed by atoms with Crippen LogP contribution in [0, 0.1) is 0 Å². The number of aliphatic carboxylic acids is 1. The Kier molecular flexibility index (Phi) is 9.99. The van der Waals surface area contributed by atoms with Gasteiger partial charge in [0.05, 0.1) is 6.61 Å². The van der Waals surface area contributed by atoms with Crippen LogP contribution < -0.4 is 14.2 Å². The van der Waals surface area contributed by atoms with Crippen molar-refractivity contribution >= 4 is 5.97 Å². The summed E-state index contributed by atoms with van der Waals surface area (Å²) in [5.74, 6) is 1.82. The number of methoxy groups -OCH3 is 1. The fourth-order valence-corrected chi connectivity index (χ4v) is 3.77. The van der Waals surface area contributed by atoms with Crippen molar-refractivity contribution in [2.45, 2.75) is 38.7 Å². The first-order valence-corrected chi connectivity index (χ1v) is 11.9. The average Bonchev–Trinajstić information content (AvgIpc) is 2.86. The van der Waals surface area contributed by atoms with Crippen molar-refractivity contribution in [3.8, 4) is 17.2 Å². The van der Waals surface area contributed by atoms with Gasteiger partial charge in [0, 0.05) is 20.0 Å². The van der Waals surface area contributed by atoms with E-state index < -0.39 is 12.1 Å². The quantitative estimate of drug-likeness (QED) is 0.307. The molecule has 1 unspecified atom stereocenters. The Bertz CT molecular complexity index is 1080. The zero-order chi connectivity index (χ0) is 25.0. The van der Waals surface area contributed by atoms with Crippen LogP contribution in [0.4, 0.5) is 0 Å². The predicted octanol–water partition coefficient (Wildman–Crippen LogP) is 5.53. The molecule has 6 heteroatoms. The molecule has 0 heterocycles. The van der Waals surface area contributed by atoms with E-state index in [1.165, 1.54) is 12.7 Å². The normalized spacial score (nSPS) is 11.8. The van der Waals surface area contributed by atoms with E-state index in [-0.39, 0.29) is 6.42 Å². The smallest absolute Gasteiger partial charge is 0.333 e. The fraction of sp³-hybridized carbons (Fsp3) is 0.345. The maximum atomic E-state index is 11.2. The molecule has 0 fully saturated rings. The Hall–Kier alpha value is -3.51. The predicted molar refractivity (Wildman–Crippen MR) is 136 cm³/mol. The Morgan fingerprint density at radius 1 is 0.829 bits per heavy atom. The second-order valence-corrected chi connectivity index (χ2v) is 8.51. The summed E-state index contributed by atoms with van der Waals surface area (Å²) in [6.07, 6.45) is 0.0774. The molecule has 1 N–H and O–H groups in total. The second kappa shape index (κ2) is 13.4. The lowest BCUT2D eigenvalue weighted by molar-refractivity contribution is -0.148. The first kappa shape index (κ1) is 26.1. The summed E-state index contributed by atoms with van der Waals surface area (Å²) in [4.78, 5) is 11.2. The fourth-order valence-electron chi connectivity index (χ4n) is 3.77. The van der Waals surface area contributed by atoms with Gasteiger partial charge in [0.2, 0.25) is 0 Å². The van der Waals surface area contributed by atoms with E-state index in [0.29, 0.717) is 37.9 Å². The van der Waals surface area contributed by atoms with E-state index in [1.54, 1.807) is 0 Å². The molecule has 0 spiro atoms. The number of hydrogen-bond acceptors (Lipinski definition) is 5. The van der Waals surface area contributed by atoms with Gasteiger partial charge in [-0.25, -0.2) is 4.79 Å². The molecule has 3 aromatic carbocycles. The standard InChI is InChI=1S/C29H34O6/c1-21(2)25-12-5-7-14-27(25)35-18-17-34-26-13-6-4-10-23(26)15-16-33-24-11-8-9-22(19-24)20-28(32-3)29(30)31/h4-14,19,21,28H,15-18,20H2,1-3H3,(H,30,31). The molecule has 0 aliphatic rings. The Morgan fingerprint density at radius 2 is 1.51 bits per heavy atom. The van der Waals surface area contributed by atoms with E-state index in [9.17, 15) is 9.90 Å². The van der Waals surface area contributed by atoms with Crippen LogP contribution in [0.15, 0.2) is 72.8 Å². The molecule has 186 valence electrons. The van der Waals surface area contributed by atoms with Gasteiger partial charge in [0.25, 0.3) is 0 Å². The van der Waals surface area contributed by atoms with Gasteiger partial charge in [0.1, 0.15) is 30.5 Å². The third kappa shape index (κ3) is 8.04. The van der Waals surface area contributed by atoms with Gasteiger partial charge < -0.3 is 24.1 Å². The number of para-hydroxylation sites is 2. The van der Waals surface area contributed by atoms with Crippen molar-refractivity contribution in [1.29, 1.82) is 0 Å². The molecule has 3 aromatic rings. The van der Waals surface area contributed by atoms with Crippen LogP contribution in [-0.4, -0.2) is 44.1 Å². The van der Waals surface area contributed by atoms with E-state index >= 15 is 0 Å². The van der Waals surface area contributed by atoms with Gasteiger partial charge in [-0.05, 0) is 46.9 Å². The summed E-state index contributed by atoms with van der Waals surface area (Å²) >= 11 is 0. The topological polar surface area (TPSA) is 74.2 Å². The van der Waals surface area contributed by atoms with Crippen molar-refractivity contribution < 1.29 is 28.8 Å². The van der Waals surface area contributed by atoms with Crippen LogP contribution >= 0.6 is 0 Å². The number of carbonyl (C=O) groups is 1. The highest BCUT2D eigenvalue weighted by molar-refractivity contribution is 5.72. The van der Waals surface area contributed by atoms with E-state index in [0.717, 1.165) is 22.6 Å². The van der Waals surface area contributed by atoms with E-state index in [1.807, 2.05) is 66.7 Å². The molecule has 0 saturated carbocycles. The zero-order valence-electron chi connectivity index (χ0n) is 20.6. The summed E-state index contributed by atoms with van der Waals surface area (Å²) in [5, 5.41) is 9.19. The number of benzene rings is 3. The highest BCUT2D eigenvalue weighted by Gasteiger charge is 2.17. The minimum Gasteiger partial charge on any atom is -0.493 e. The van der Waals surface area contributed by atoms with Gasteiger partial charge in [0.15, 0.2) is 6.10 Å². The lowest BCUT2D eigenvalue weighted by atomic mass is 10.0. The van der Waals surface area contributed by atoms with Crippen molar-refractivity contribution in [1.82, 2.24) is 0 Å². The van der Waals surface area contributed by atoms with Gasteiger partial charge >= 0.3 is 5.97 Å². The van der Waals surface area contributed by atoms with Gasteiger partial charge in [-0.2, -0.15) is 0 Å². The van der Waals surface area contributed by atoms with Gasteiger partial charge in [-0.1, -0.05) is 62.4 Å². The summed E-state index contributed by atoms with van der Waals surface area (Å²) in [5.41, 5.74) is 3.09. The van der Waals surface area contributed by atoms with Crippen LogP contribution in [0.3, 0.4) is 0 Å². The van der Waals surface area contributed by atoms with Crippen molar-refractivity contribution in [3.63, 3.8) is 0 Å². The molecule has 0 amide bonds. The van der Waals surface area contributed by atoms with Gasteiger partial charge in [-0.3, -0.25) is 0 Å². The number of carboxylic acid groups (broad SMARTS) is 1. The van der Waals surface area contributed by atoms with Crippen molar-refractivity contribution in [2.75, 3.05) is 26.9 Å². The molecule has 0 aliphatic heterocycles. The molecule has 0 aromatic heterocycles. The van der Waals surface area contributed by atoms with E-state index in [4.69, 9.17) is 18.9 Å². The molecule has 3 rings (SSSR count). The van der Waals surface area contributed by atoms with Crippen molar-refractivity contribution in [2.24, 2.45) is 0 Å². The summed E-state index contributed by atoms with van der Waals surface area (Å²) in [7, 11) is 1.40. The summed E-state index contributed by atoms with van der Waals surface area (Å²) in [6.45, 7) is 5.67. The van der Waals surface area contributed by atoms with Crippen LogP contribution in [0.5, 0.6) is 17.2 Å². The summed E-state index contributed by atoms with van der Waals surface area (Å²) in [6, 6.07) is 23.4. The molecule has 0 aliphatic carbocycles. The third-order valence-electron chi connectivity index (χ3n) is 5.63. The third-order valence-corrected chi connectivity index (χ3v) is 5.63. The molecule has 0 bridgehead atoms. The highest BCUT2D eigenvalue weighted by atomic mass is 16.5. The molecule has 1 atom stereocenters. The second-order valence-electron chi connectivity index (χ2n) is 8.51. The Balaban J connectivity index is 1.49. The lowest BCUT2D eigenvalue weighted by Crippen LogP contribution is -2.24. The molecular formula is C29H34O6. The monoisotopic (exact) mass is 478 g/mol. The number of carboxylic acids is 1. The Labute approximate surface area is 207 Å². The highest BCUT2D eigenvalue weighted by Crippen LogP contribution is 2.26. The molecule has 0 saturated heterocycles. The first-order chi connectivity index (χ1) is 17.0. The number of rotatable bonds is 14. The zero-order valence-corrected chi connectivity index (χ0v) is 20.6. The van der Waals surface area contributed by atoms with Gasteiger partial charge in [-0.15, -0.1) is 0 Å². The van der Waals surface area contributed by atoms with Crippen LogP contribution in [0.1, 0.15) is 36.5 Å². The number of ether oxygens (including phenoxy) is 4. The largest absolute Gasteiger partial charge is 0.493 e. The van der Waals surface area contributed by atoms with Crippen LogP contribution in [-0.2, 0) is 22.4 Å². The molecule has 35 heavy (non-hydrogen) atoms. The molecule has 6 nitrogen and oxygen atoms in total.